The van der Waals surface area contributed by atoms with Gasteiger partial charge in [-0.3, -0.25) is 0 Å². The lowest BCUT2D eigenvalue weighted by Crippen LogP contribution is -2.39. The van der Waals surface area contributed by atoms with Crippen LogP contribution in [0.1, 0.15) is 158 Å². The van der Waals surface area contributed by atoms with Crippen molar-refractivity contribution in [2.24, 2.45) is 0 Å². The highest BCUT2D eigenvalue weighted by Crippen LogP contribution is 2.80. The van der Waals surface area contributed by atoms with Crippen molar-refractivity contribution >= 4 is 46.8 Å². The minimum Gasteiger partial charge on any atom is -0.311 e. The fraction of sp³-hybridized carbons (Fsp3) is 0.676. The van der Waals surface area contributed by atoms with E-state index in [9.17, 15) is 0 Å². The SMILES string of the molecule is CC(C)(C)c1cc(C(C)(C)C)c([P@@]2(=S)C[P@@](=S)(c3c(C(C)(C)C)cc(C(C)(C)C)cc3C(C)(C)C)O2)c(C(C)(C)C)c1. The molecule has 1 aliphatic rings. The Balaban J connectivity index is 2.39. The van der Waals surface area contributed by atoms with Crippen molar-refractivity contribution in [2.75, 3.05) is 5.90 Å². The van der Waals surface area contributed by atoms with Crippen molar-refractivity contribution in [3.63, 3.8) is 0 Å². The molecule has 1 heterocycles. The molecule has 0 saturated carbocycles. The van der Waals surface area contributed by atoms with E-state index < -0.39 is 12.5 Å². The van der Waals surface area contributed by atoms with Crippen LogP contribution in [0.2, 0.25) is 0 Å². The van der Waals surface area contributed by atoms with Crippen molar-refractivity contribution in [2.45, 2.75) is 157 Å². The van der Waals surface area contributed by atoms with Crippen LogP contribution in [0.4, 0.5) is 0 Å². The van der Waals surface area contributed by atoms with E-state index in [1.807, 2.05) is 0 Å². The Kier molecular flexibility index (Phi) is 9.15. The Labute approximate surface area is 270 Å². The summed E-state index contributed by atoms with van der Waals surface area (Å²) in [5, 5.41) is 2.60. The lowest BCUT2D eigenvalue weighted by Gasteiger charge is -2.49. The topological polar surface area (TPSA) is 9.23 Å². The Hall–Kier alpha value is -0.300. The Bertz CT molecular complexity index is 1280. The molecule has 1 fully saturated rings. The Morgan fingerprint density at radius 3 is 0.762 bits per heavy atom. The minimum absolute atomic E-state index is 0.0405. The van der Waals surface area contributed by atoms with Gasteiger partial charge in [-0.2, -0.15) is 0 Å². The van der Waals surface area contributed by atoms with Gasteiger partial charge in [-0.05, 0) is 65.9 Å². The standard InChI is InChI=1S/C37H60OP2S2/c1-32(2,3)24-19-26(34(7,8)9)30(27(20-24)35(10,11)12)39(41)23-40(42,38-39)31-28(36(13,14)15)21-25(33(4,5)6)22-29(31)37(16,17)18/h19-22H,23H2,1-18H3/t39-,40+. The lowest BCUT2D eigenvalue weighted by atomic mass is 9.75. The van der Waals surface area contributed by atoms with Crippen molar-refractivity contribution in [3.8, 4) is 0 Å². The summed E-state index contributed by atoms with van der Waals surface area (Å²) < 4.78 is 7.33. The monoisotopic (exact) mass is 646 g/mol. The summed E-state index contributed by atoms with van der Waals surface area (Å²) in [5.41, 5.74) is 7.94. The second kappa shape index (κ2) is 10.6. The first-order valence-corrected chi connectivity index (χ1v) is 21.4. The number of hydrogen-bond donors (Lipinski definition) is 0. The summed E-state index contributed by atoms with van der Waals surface area (Å²) in [5.74, 6) is 0.812. The molecule has 0 spiro atoms. The van der Waals surface area contributed by atoms with E-state index in [0.29, 0.717) is 0 Å². The van der Waals surface area contributed by atoms with Crippen LogP contribution in [0.25, 0.3) is 0 Å². The maximum Gasteiger partial charge on any atom is 0.109 e. The van der Waals surface area contributed by atoms with Gasteiger partial charge in [0.15, 0.2) is 0 Å². The molecule has 0 unspecified atom stereocenters. The molecule has 2 aromatic carbocycles. The van der Waals surface area contributed by atoms with Gasteiger partial charge in [0.1, 0.15) is 12.5 Å². The third kappa shape index (κ3) is 7.07. The van der Waals surface area contributed by atoms with Crippen LogP contribution in [0.3, 0.4) is 0 Å². The van der Waals surface area contributed by atoms with Gasteiger partial charge >= 0.3 is 0 Å². The van der Waals surface area contributed by atoms with Crippen LogP contribution in [0.5, 0.6) is 0 Å². The van der Waals surface area contributed by atoms with E-state index in [1.165, 1.54) is 44.0 Å². The van der Waals surface area contributed by atoms with Gasteiger partial charge in [-0.15, -0.1) is 0 Å². The van der Waals surface area contributed by atoms with Gasteiger partial charge in [0, 0.05) is 10.6 Å². The van der Waals surface area contributed by atoms with E-state index in [4.69, 9.17) is 27.9 Å². The summed E-state index contributed by atoms with van der Waals surface area (Å²) in [6.07, 6.45) is -4.77. The predicted octanol–water partition coefficient (Wildman–Crippen LogP) is 11.2. The number of benzene rings is 2. The third-order valence-electron chi connectivity index (χ3n) is 8.50. The molecule has 0 bridgehead atoms. The molecule has 1 aliphatic heterocycles. The molecule has 0 N–H and O–H groups in total. The molecule has 3 rings (SSSR count). The maximum atomic E-state index is 7.33. The molecule has 2 aromatic rings. The van der Waals surface area contributed by atoms with E-state index in [-0.39, 0.29) is 32.5 Å². The van der Waals surface area contributed by atoms with Crippen LogP contribution in [-0.4, -0.2) is 5.90 Å². The van der Waals surface area contributed by atoms with Crippen LogP contribution in [0.15, 0.2) is 24.3 Å². The second-order valence-corrected chi connectivity index (χ2v) is 27.8. The smallest absolute Gasteiger partial charge is 0.109 e. The zero-order valence-corrected chi connectivity index (χ0v) is 33.6. The predicted molar refractivity (Wildman–Crippen MR) is 199 cm³/mol. The molecular weight excluding hydrogens is 586 g/mol. The fourth-order valence-electron chi connectivity index (χ4n) is 5.83. The highest BCUT2D eigenvalue weighted by Gasteiger charge is 2.51. The molecule has 1 nitrogen and oxygen atoms in total. The van der Waals surface area contributed by atoms with Gasteiger partial charge in [0.05, 0.1) is 5.90 Å². The molecule has 0 radical (unpaired) electrons. The van der Waals surface area contributed by atoms with Crippen LogP contribution in [-0.2, 0) is 60.4 Å². The van der Waals surface area contributed by atoms with Crippen molar-refractivity contribution in [1.82, 2.24) is 0 Å². The van der Waals surface area contributed by atoms with E-state index in [0.717, 1.165) is 5.90 Å². The van der Waals surface area contributed by atoms with E-state index >= 15 is 0 Å². The molecule has 2 atom stereocenters. The average Bonchev–Trinajstić information content (AvgIpc) is 2.72. The highest BCUT2D eigenvalue weighted by atomic mass is 32.5. The average molecular weight is 647 g/mol. The van der Waals surface area contributed by atoms with Crippen LogP contribution in [0, 0.1) is 0 Å². The first-order chi connectivity index (χ1) is 18.3. The molecule has 0 aliphatic carbocycles. The molecule has 5 heteroatoms. The van der Waals surface area contributed by atoms with Gasteiger partial charge in [-0.25, -0.2) is 0 Å². The molecule has 236 valence electrons. The second-order valence-electron chi connectivity index (χ2n) is 18.9. The maximum absolute atomic E-state index is 7.33. The summed E-state index contributed by atoms with van der Waals surface area (Å²) in [6, 6.07) is 9.73. The number of rotatable bonds is 2. The van der Waals surface area contributed by atoms with Gasteiger partial charge in [-0.1, -0.05) is 173 Å². The summed E-state index contributed by atoms with van der Waals surface area (Å²) in [4.78, 5) is 0. The van der Waals surface area contributed by atoms with Crippen molar-refractivity contribution in [3.05, 3.63) is 57.6 Å². The molecule has 0 amide bonds. The zero-order chi connectivity index (χ0) is 32.9. The first kappa shape index (κ1) is 36.2. The normalized spacial score (nSPS) is 22.7. The van der Waals surface area contributed by atoms with Crippen LogP contribution < -0.4 is 10.6 Å². The van der Waals surface area contributed by atoms with Crippen LogP contribution >= 0.6 is 12.5 Å². The number of hydrogen-bond acceptors (Lipinski definition) is 3. The molecular formula is C37H60OP2S2. The highest BCUT2D eigenvalue weighted by molar-refractivity contribution is 8.33. The summed E-state index contributed by atoms with van der Waals surface area (Å²) >= 11 is 13.4. The van der Waals surface area contributed by atoms with Crippen molar-refractivity contribution < 1.29 is 4.31 Å². The Morgan fingerprint density at radius 2 is 0.619 bits per heavy atom. The molecule has 42 heavy (non-hydrogen) atoms. The fourth-order valence-corrected chi connectivity index (χ4v) is 21.5. The van der Waals surface area contributed by atoms with Gasteiger partial charge in [0.2, 0.25) is 0 Å². The third-order valence-corrected chi connectivity index (χ3v) is 20.3. The lowest BCUT2D eigenvalue weighted by molar-refractivity contribution is 0.550. The quantitative estimate of drug-likeness (QED) is 0.301. The van der Waals surface area contributed by atoms with E-state index in [2.05, 4.69) is 149 Å². The molecule has 1 saturated heterocycles. The van der Waals surface area contributed by atoms with Gasteiger partial charge in [0.25, 0.3) is 0 Å². The Morgan fingerprint density at radius 1 is 0.429 bits per heavy atom. The largest absolute Gasteiger partial charge is 0.311 e. The first-order valence-electron chi connectivity index (χ1n) is 15.6. The zero-order valence-electron chi connectivity index (χ0n) is 30.1. The van der Waals surface area contributed by atoms with Gasteiger partial charge < -0.3 is 4.31 Å². The summed E-state index contributed by atoms with van der Waals surface area (Å²) in [6.45, 7) is 41.7. The minimum atomic E-state index is -2.38. The summed E-state index contributed by atoms with van der Waals surface area (Å²) in [7, 11) is 0. The van der Waals surface area contributed by atoms with E-state index in [1.54, 1.807) is 0 Å². The van der Waals surface area contributed by atoms with Crippen molar-refractivity contribution in [1.29, 1.82) is 0 Å². The molecule has 0 aromatic heterocycles.